The monoisotopic (exact) mass is 126 g/mol. The first-order valence-corrected chi connectivity index (χ1v) is 5.08. The molecule has 1 heteroatoms. The van der Waals surface area contributed by atoms with Crippen molar-refractivity contribution in [2.75, 3.05) is 13.3 Å². The van der Waals surface area contributed by atoms with Crippen molar-refractivity contribution in [2.24, 2.45) is 0 Å². The van der Waals surface area contributed by atoms with Gasteiger partial charge in [-0.25, -0.2) is 0 Å². The number of rotatable bonds is 1. The summed E-state index contributed by atoms with van der Waals surface area (Å²) in [6, 6.07) is 0. The Hall–Kier alpha value is -0.0900. The minimum atomic E-state index is 0.173. The van der Waals surface area contributed by atoms with Crippen molar-refractivity contribution >= 4 is 7.92 Å². The van der Waals surface area contributed by atoms with Crippen molar-refractivity contribution in [1.82, 2.24) is 0 Å². The van der Waals surface area contributed by atoms with Gasteiger partial charge in [0.25, 0.3) is 0 Å². The molecule has 0 saturated carbocycles. The van der Waals surface area contributed by atoms with Gasteiger partial charge >= 0.3 is 0 Å². The van der Waals surface area contributed by atoms with Crippen LogP contribution in [0.3, 0.4) is 0 Å². The fourth-order valence-electron chi connectivity index (χ4n) is 0.777. The number of allylic oxidation sites excluding steroid dienone is 4. The molecular formula is C7H11P. The molecule has 8 heavy (non-hydrogen) atoms. The van der Waals surface area contributed by atoms with Crippen LogP contribution >= 0.6 is 7.92 Å². The zero-order chi connectivity index (χ0) is 5.98. The Morgan fingerprint density at radius 3 is 2.50 bits per heavy atom. The average Bonchev–Trinajstić information content (AvgIpc) is 2.12. The van der Waals surface area contributed by atoms with E-state index in [2.05, 4.69) is 31.6 Å². The molecule has 0 radical (unpaired) electrons. The second kappa shape index (κ2) is 2.46. The van der Waals surface area contributed by atoms with Gasteiger partial charge in [-0.3, -0.25) is 0 Å². The molecule has 0 amide bonds. The minimum Gasteiger partial charge on any atom is -0.0820 e. The Morgan fingerprint density at radius 1 is 1.50 bits per heavy atom. The molecule has 1 rings (SSSR count). The summed E-state index contributed by atoms with van der Waals surface area (Å²) in [5, 5.41) is 1.56. The van der Waals surface area contributed by atoms with E-state index in [1.54, 1.807) is 5.31 Å². The highest BCUT2D eigenvalue weighted by Crippen LogP contribution is 2.39. The maximum atomic E-state index is 2.31. The fourth-order valence-corrected chi connectivity index (χ4v) is 1.65. The van der Waals surface area contributed by atoms with Crippen LogP contribution in [0.15, 0.2) is 23.5 Å². The molecular weight excluding hydrogens is 115 g/mol. The van der Waals surface area contributed by atoms with Crippen LogP contribution in [0.2, 0.25) is 0 Å². The van der Waals surface area contributed by atoms with Crippen LogP contribution in [0.5, 0.6) is 0 Å². The fraction of sp³-hybridized carbons (Fsp3) is 0.429. The zero-order valence-corrected chi connectivity index (χ0v) is 6.28. The Kier molecular flexibility index (Phi) is 1.85. The van der Waals surface area contributed by atoms with E-state index in [-0.39, 0.29) is 7.92 Å². The van der Waals surface area contributed by atoms with Crippen molar-refractivity contribution in [1.29, 1.82) is 0 Å². The summed E-state index contributed by atoms with van der Waals surface area (Å²) >= 11 is 0. The van der Waals surface area contributed by atoms with E-state index in [9.17, 15) is 0 Å². The molecule has 0 aromatic rings. The van der Waals surface area contributed by atoms with Gasteiger partial charge in [-0.2, -0.15) is 0 Å². The van der Waals surface area contributed by atoms with Crippen LogP contribution in [-0.4, -0.2) is 13.3 Å². The van der Waals surface area contributed by atoms with Gasteiger partial charge in [-0.05, 0) is 25.1 Å². The molecule has 0 aliphatic heterocycles. The highest BCUT2D eigenvalue weighted by Gasteiger charge is 1.99. The van der Waals surface area contributed by atoms with Crippen molar-refractivity contribution in [2.45, 2.75) is 6.42 Å². The Balaban J connectivity index is 2.58. The van der Waals surface area contributed by atoms with E-state index in [0.717, 1.165) is 6.42 Å². The third-order valence-electron chi connectivity index (χ3n) is 1.27. The molecule has 0 saturated heterocycles. The molecule has 1 aliphatic rings. The lowest BCUT2D eigenvalue weighted by molar-refractivity contribution is 1.45. The van der Waals surface area contributed by atoms with Gasteiger partial charge in [-0.1, -0.05) is 26.1 Å². The van der Waals surface area contributed by atoms with Crippen molar-refractivity contribution in [3.8, 4) is 0 Å². The SMILES string of the molecule is CP(C)C1=CCC=C1. The summed E-state index contributed by atoms with van der Waals surface area (Å²) < 4.78 is 0. The standard InChI is InChI=1S/C7H11P/c1-8(2)7-5-3-4-6-7/h3,5-6H,4H2,1-2H3. The summed E-state index contributed by atoms with van der Waals surface area (Å²) in [6.45, 7) is 4.58. The molecule has 44 valence electrons. The maximum Gasteiger partial charge on any atom is -0.0156 e. The van der Waals surface area contributed by atoms with Crippen LogP contribution in [-0.2, 0) is 0 Å². The first-order valence-electron chi connectivity index (χ1n) is 2.85. The third-order valence-corrected chi connectivity index (χ3v) is 2.63. The molecule has 0 aromatic heterocycles. The van der Waals surface area contributed by atoms with Gasteiger partial charge in [0.05, 0.1) is 0 Å². The van der Waals surface area contributed by atoms with Crippen LogP contribution < -0.4 is 0 Å². The molecule has 0 unspecified atom stereocenters. The van der Waals surface area contributed by atoms with Crippen molar-refractivity contribution < 1.29 is 0 Å². The van der Waals surface area contributed by atoms with Crippen LogP contribution in [0.25, 0.3) is 0 Å². The van der Waals surface area contributed by atoms with E-state index in [1.807, 2.05) is 0 Å². The van der Waals surface area contributed by atoms with E-state index in [4.69, 9.17) is 0 Å². The first-order chi connectivity index (χ1) is 3.80. The zero-order valence-electron chi connectivity index (χ0n) is 5.39. The van der Waals surface area contributed by atoms with Crippen LogP contribution in [0.1, 0.15) is 6.42 Å². The van der Waals surface area contributed by atoms with Gasteiger partial charge in [0.1, 0.15) is 0 Å². The lowest BCUT2D eigenvalue weighted by Crippen LogP contribution is -1.66. The van der Waals surface area contributed by atoms with Gasteiger partial charge in [0.2, 0.25) is 0 Å². The molecule has 0 aromatic carbocycles. The highest BCUT2D eigenvalue weighted by molar-refractivity contribution is 7.60. The van der Waals surface area contributed by atoms with E-state index in [0.29, 0.717) is 0 Å². The molecule has 1 aliphatic carbocycles. The molecule has 0 spiro atoms. The summed E-state index contributed by atoms with van der Waals surface area (Å²) in [6.07, 6.45) is 7.94. The van der Waals surface area contributed by atoms with E-state index in [1.165, 1.54) is 0 Å². The van der Waals surface area contributed by atoms with Crippen LogP contribution in [0.4, 0.5) is 0 Å². The molecule has 0 fully saturated rings. The van der Waals surface area contributed by atoms with E-state index >= 15 is 0 Å². The van der Waals surface area contributed by atoms with E-state index < -0.39 is 0 Å². The summed E-state index contributed by atoms with van der Waals surface area (Å²) in [4.78, 5) is 0. The smallest absolute Gasteiger partial charge is 0.0156 e. The normalized spacial score (nSPS) is 17.6. The topological polar surface area (TPSA) is 0 Å². The second-order valence-corrected chi connectivity index (χ2v) is 4.47. The van der Waals surface area contributed by atoms with Gasteiger partial charge in [-0.15, -0.1) is 0 Å². The van der Waals surface area contributed by atoms with Gasteiger partial charge in [0.15, 0.2) is 0 Å². The molecule has 0 atom stereocenters. The minimum absolute atomic E-state index is 0.173. The van der Waals surface area contributed by atoms with Crippen molar-refractivity contribution in [3.05, 3.63) is 23.5 Å². The predicted octanol–water partition coefficient (Wildman–Crippen LogP) is 2.57. The molecule has 0 N–H and O–H groups in total. The van der Waals surface area contributed by atoms with Crippen LogP contribution in [0, 0.1) is 0 Å². The summed E-state index contributed by atoms with van der Waals surface area (Å²) in [5.74, 6) is 0. The second-order valence-electron chi connectivity index (χ2n) is 2.16. The largest absolute Gasteiger partial charge is 0.0820 e. The highest BCUT2D eigenvalue weighted by atomic mass is 31.1. The number of hydrogen-bond donors (Lipinski definition) is 0. The predicted molar refractivity (Wildman–Crippen MR) is 40.6 cm³/mol. The Bertz CT molecular complexity index is 131. The number of hydrogen-bond acceptors (Lipinski definition) is 0. The Morgan fingerprint density at radius 2 is 2.25 bits per heavy atom. The lowest BCUT2D eigenvalue weighted by Gasteiger charge is -2.01. The first kappa shape index (κ1) is 6.04. The van der Waals surface area contributed by atoms with Crippen molar-refractivity contribution in [3.63, 3.8) is 0 Å². The quantitative estimate of drug-likeness (QED) is 0.473. The Labute approximate surface area is 52.0 Å². The maximum absolute atomic E-state index is 2.31. The molecule has 0 nitrogen and oxygen atoms in total. The lowest BCUT2D eigenvalue weighted by atomic mass is 10.5. The summed E-state index contributed by atoms with van der Waals surface area (Å²) in [5.41, 5.74) is 0. The van der Waals surface area contributed by atoms with Gasteiger partial charge < -0.3 is 0 Å². The molecule has 0 bridgehead atoms. The molecule has 0 heterocycles. The summed E-state index contributed by atoms with van der Waals surface area (Å²) in [7, 11) is 0.173. The van der Waals surface area contributed by atoms with Gasteiger partial charge in [0, 0.05) is 0 Å². The third kappa shape index (κ3) is 1.20. The average molecular weight is 126 g/mol.